The van der Waals surface area contributed by atoms with Crippen LogP contribution in [0.2, 0.25) is 0 Å². The van der Waals surface area contributed by atoms with Gasteiger partial charge in [0.25, 0.3) is 5.91 Å². The van der Waals surface area contributed by atoms with Crippen molar-refractivity contribution in [1.29, 1.82) is 0 Å². The van der Waals surface area contributed by atoms with Gasteiger partial charge in [0.15, 0.2) is 0 Å². The van der Waals surface area contributed by atoms with Crippen LogP contribution >= 0.6 is 0 Å². The Morgan fingerprint density at radius 1 is 1.32 bits per heavy atom. The molecule has 4 heteroatoms. The van der Waals surface area contributed by atoms with Gasteiger partial charge in [-0.05, 0) is 43.7 Å². The smallest absolute Gasteiger partial charge is 0.253 e. The Kier molecular flexibility index (Phi) is 6.72. The van der Waals surface area contributed by atoms with Crippen LogP contribution in [0.15, 0.2) is 24.3 Å². The van der Waals surface area contributed by atoms with Gasteiger partial charge in [0.1, 0.15) is 0 Å². The highest BCUT2D eigenvalue weighted by molar-refractivity contribution is 5.99. The monoisotopic (exact) mass is 304 g/mol. The molecule has 1 saturated carbocycles. The minimum Gasteiger partial charge on any atom is -0.393 e. The predicted octanol–water partition coefficient (Wildman–Crippen LogP) is 3.18. The van der Waals surface area contributed by atoms with Crippen molar-refractivity contribution in [2.45, 2.75) is 51.6 Å². The van der Waals surface area contributed by atoms with Crippen molar-refractivity contribution in [1.82, 2.24) is 5.32 Å². The van der Waals surface area contributed by atoms with E-state index in [9.17, 15) is 9.90 Å². The average Bonchev–Trinajstić information content (AvgIpc) is 2.53. The molecule has 1 aliphatic rings. The maximum absolute atomic E-state index is 12.4. The van der Waals surface area contributed by atoms with Crippen molar-refractivity contribution in [3.63, 3.8) is 0 Å². The molecule has 1 aromatic rings. The van der Waals surface area contributed by atoms with Gasteiger partial charge < -0.3 is 15.7 Å². The lowest BCUT2D eigenvalue weighted by Crippen LogP contribution is -2.33. The molecule has 0 bridgehead atoms. The first-order chi connectivity index (χ1) is 10.7. The summed E-state index contributed by atoms with van der Waals surface area (Å²) in [5, 5.41) is 16.1. The Bertz CT molecular complexity index is 476. The lowest BCUT2D eigenvalue weighted by molar-refractivity contribution is 0.0874. The van der Waals surface area contributed by atoms with Crippen LogP contribution in [0, 0.1) is 5.92 Å². The largest absolute Gasteiger partial charge is 0.393 e. The van der Waals surface area contributed by atoms with E-state index < -0.39 is 0 Å². The predicted molar refractivity (Wildman–Crippen MR) is 90.1 cm³/mol. The lowest BCUT2D eigenvalue weighted by atomic mass is 9.87. The van der Waals surface area contributed by atoms with Gasteiger partial charge in [-0.1, -0.05) is 31.9 Å². The van der Waals surface area contributed by atoms with Crippen LogP contribution in [-0.4, -0.2) is 30.2 Å². The van der Waals surface area contributed by atoms with Crippen molar-refractivity contribution in [2.75, 3.05) is 18.4 Å². The third-order valence-corrected chi connectivity index (χ3v) is 4.32. The lowest BCUT2D eigenvalue weighted by Gasteiger charge is -2.26. The highest BCUT2D eigenvalue weighted by atomic mass is 16.3. The van der Waals surface area contributed by atoms with Crippen LogP contribution < -0.4 is 10.6 Å². The summed E-state index contributed by atoms with van der Waals surface area (Å²) in [5.41, 5.74) is 1.60. The molecule has 122 valence electrons. The Morgan fingerprint density at radius 2 is 2.14 bits per heavy atom. The number of para-hydroxylation sites is 1. The number of hydrogen-bond donors (Lipinski definition) is 3. The van der Waals surface area contributed by atoms with Crippen LogP contribution in [-0.2, 0) is 0 Å². The maximum atomic E-state index is 12.4. The van der Waals surface area contributed by atoms with Crippen molar-refractivity contribution in [2.24, 2.45) is 5.92 Å². The first-order valence-electron chi connectivity index (χ1n) is 8.50. The summed E-state index contributed by atoms with van der Waals surface area (Å²) < 4.78 is 0. The average molecular weight is 304 g/mol. The Balaban J connectivity index is 1.88. The van der Waals surface area contributed by atoms with Gasteiger partial charge in [0.2, 0.25) is 0 Å². The number of carbonyl (C=O) groups is 1. The second kappa shape index (κ2) is 8.79. The van der Waals surface area contributed by atoms with E-state index in [1.54, 1.807) is 0 Å². The van der Waals surface area contributed by atoms with E-state index >= 15 is 0 Å². The van der Waals surface area contributed by atoms with E-state index in [1.165, 1.54) is 0 Å². The first kappa shape index (κ1) is 16.8. The van der Waals surface area contributed by atoms with Crippen molar-refractivity contribution in [3.05, 3.63) is 29.8 Å². The van der Waals surface area contributed by atoms with Gasteiger partial charge in [-0.25, -0.2) is 0 Å². The van der Waals surface area contributed by atoms with E-state index in [0.29, 0.717) is 18.0 Å². The fourth-order valence-electron chi connectivity index (χ4n) is 3.02. The Hall–Kier alpha value is -1.55. The Morgan fingerprint density at radius 3 is 2.91 bits per heavy atom. The summed E-state index contributed by atoms with van der Waals surface area (Å²) in [6.45, 7) is 3.69. The van der Waals surface area contributed by atoms with Crippen LogP contribution in [0.1, 0.15) is 55.8 Å². The molecule has 1 aliphatic carbocycles. The number of aliphatic hydroxyl groups is 1. The number of carbonyl (C=O) groups excluding carboxylic acids is 1. The van der Waals surface area contributed by atoms with E-state index in [-0.39, 0.29) is 12.0 Å². The normalized spacial score (nSPS) is 21.4. The molecule has 22 heavy (non-hydrogen) atoms. The standard InChI is InChI=1S/C18H28N2O2/c1-2-3-11-19-17-10-5-4-9-16(17)18(22)20-13-14-7-6-8-15(21)12-14/h4-5,9-10,14-15,19,21H,2-3,6-8,11-13H2,1H3,(H,20,22). The molecule has 3 N–H and O–H groups in total. The molecule has 0 aliphatic heterocycles. The number of amides is 1. The zero-order chi connectivity index (χ0) is 15.8. The van der Waals surface area contributed by atoms with E-state index in [2.05, 4.69) is 17.6 Å². The second-order valence-electron chi connectivity index (χ2n) is 6.22. The number of rotatable bonds is 7. The fourth-order valence-corrected chi connectivity index (χ4v) is 3.02. The van der Waals surface area contributed by atoms with Crippen LogP contribution in [0.25, 0.3) is 0 Å². The first-order valence-corrected chi connectivity index (χ1v) is 8.50. The van der Waals surface area contributed by atoms with Crippen molar-refractivity contribution < 1.29 is 9.90 Å². The van der Waals surface area contributed by atoms with Crippen molar-refractivity contribution in [3.8, 4) is 0 Å². The summed E-state index contributed by atoms with van der Waals surface area (Å²) in [5.74, 6) is 0.368. The van der Waals surface area contributed by atoms with Crippen LogP contribution in [0.5, 0.6) is 0 Å². The molecule has 1 fully saturated rings. The molecule has 2 unspecified atom stereocenters. The molecular formula is C18H28N2O2. The Labute approximate surface area is 133 Å². The molecule has 0 spiro atoms. The molecule has 2 rings (SSSR count). The number of nitrogens with one attached hydrogen (secondary N) is 2. The van der Waals surface area contributed by atoms with Crippen LogP contribution in [0.4, 0.5) is 5.69 Å². The molecule has 2 atom stereocenters. The van der Waals surface area contributed by atoms with Gasteiger partial charge >= 0.3 is 0 Å². The molecule has 0 saturated heterocycles. The summed E-state index contributed by atoms with van der Waals surface area (Å²) in [7, 11) is 0. The third-order valence-electron chi connectivity index (χ3n) is 4.32. The van der Waals surface area contributed by atoms with E-state index in [1.807, 2.05) is 24.3 Å². The summed E-state index contributed by atoms with van der Waals surface area (Å²) in [6, 6.07) is 7.65. The summed E-state index contributed by atoms with van der Waals surface area (Å²) in [6.07, 6.45) is 5.87. The molecular weight excluding hydrogens is 276 g/mol. The number of unbranched alkanes of at least 4 members (excludes halogenated alkanes) is 1. The molecule has 0 heterocycles. The van der Waals surface area contributed by atoms with Gasteiger partial charge in [0.05, 0.1) is 11.7 Å². The minimum atomic E-state index is -0.196. The zero-order valence-corrected chi connectivity index (χ0v) is 13.5. The maximum Gasteiger partial charge on any atom is 0.253 e. The molecule has 4 nitrogen and oxygen atoms in total. The van der Waals surface area contributed by atoms with Gasteiger partial charge in [0, 0.05) is 18.8 Å². The van der Waals surface area contributed by atoms with Gasteiger partial charge in [-0.3, -0.25) is 4.79 Å². The van der Waals surface area contributed by atoms with E-state index in [4.69, 9.17) is 0 Å². The fraction of sp³-hybridized carbons (Fsp3) is 0.611. The van der Waals surface area contributed by atoms with Crippen LogP contribution in [0.3, 0.4) is 0 Å². The van der Waals surface area contributed by atoms with E-state index in [0.717, 1.165) is 50.8 Å². The highest BCUT2D eigenvalue weighted by Gasteiger charge is 2.21. The third kappa shape index (κ3) is 5.02. The highest BCUT2D eigenvalue weighted by Crippen LogP contribution is 2.23. The number of anilines is 1. The molecule has 1 aromatic carbocycles. The quantitative estimate of drug-likeness (QED) is 0.678. The van der Waals surface area contributed by atoms with Crippen molar-refractivity contribution >= 4 is 11.6 Å². The molecule has 1 amide bonds. The zero-order valence-electron chi connectivity index (χ0n) is 13.5. The molecule has 0 radical (unpaired) electrons. The van der Waals surface area contributed by atoms with Gasteiger partial charge in [-0.2, -0.15) is 0 Å². The number of hydrogen-bond acceptors (Lipinski definition) is 3. The number of aliphatic hydroxyl groups excluding tert-OH is 1. The second-order valence-corrected chi connectivity index (χ2v) is 6.22. The summed E-state index contributed by atoms with van der Waals surface area (Å²) >= 11 is 0. The summed E-state index contributed by atoms with van der Waals surface area (Å²) in [4.78, 5) is 12.4. The SMILES string of the molecule is CCCCNc1ccccc1C(=O)NCC1CCCC(O)C1. The number of benzene rings is 1. The van der Waals surface area contributed by atoms with Gasteiger partial charge in [-0.15, -0.1) is 0 Å². The topological polar surface area (TPSA) is 61.4 Å². The minimum absolute atomic E-state index is 0.0281. The molecule has 0 aromatic heterocycles.